The van der Waals surface area contributed by atoms with Gasteiger partial charge in [0, 0.05) is 20.2 Å². The topological polar surface area (TPSA) is 64.3 Å². The fourth-order valence-corrected chi connectivity index (χ4v) is 2.54. The summed E-state index contributed by atoms with van der Waals surface area (Å²) >= 11 is 2.17. The van der Waals surface area contributed by atoms with Crippen LogP contribution in [0.4, 0.5) is 11.8 Å². The number of nitrogens with zero attached hydrogens (tertiary/aromatic N) is 3. The van der Waals surface area contributed by atoms with Gasteiger partial charge in [0.05, 0.1) is 15.9 Å². The molecule has 0 amide bonds. The van der Waals surface area contributed by atoms with Crippen LogP contribution in [0.3, 0.4) is 0 Å². The maximum absolute atomic E-state index is 5.96. The van der Waals surface area contributed by atoms with Gasteiger partial charge in [-0.05, 0) is 35.4 Å². The molecule has 1 aromatic heterocycles. The lowest BCUT2D eigenvalue weighted by Gasteiger charge is -2.21. The second kappa shape index (κ2) is 6.51. The summed E-state index contributed by atoms with van der Waals surface area (Å²) in [5.74, 6) is 1.30. The van der Waals surface area contributed by atoms with Gasteiger partial charge in [0.15, 0.2) is 0 Å². The molecule has 0 aromatic carbocycles. The monoisotopic (exact) mass is 362 g/mol. The van der Waals surface area contributed by atoms with Crippen LogP contribution in [0.2, 0.25) is 0 Å². The van der Waals surface area contributed by atoms with Crippen LogP contribution in [0, 0.1) is 3.57 Å². The molecule has 100 valence electrons. The summed E-state index contributed by atoms with van der Waals surface area (Å²) in [5, 5.41) is 0. The number of halogens is 1. The molecule has 0 atom stereocenters. The molecule has 1 aliphatic heterocycles. The van der Waals surface area contributed by atoms with Crippen molar-refractivity contribution in [1.29, 1.82) is 0 Å². The second-order valence-electron chi connectivity index (χ2n) is 4.50. The standard InChI is InChI=1S/C12H19IN4O/c1-18-8-9-10(13)11(14)16-12(15-9)17-6-4-2-3-5-7-17/h2-8H2,1H3,(H2,14,15,16). The number of hydrogen-bond donors (Lipinski definition) is 1. The zero-order valence-electron chi connectivity index (χ0n) is 10.7. The van der Waals surface area contributed by atoms with Crippen LogP contribution in [-0.2, 0) is 11.3 Å². The lowest BCUT2D eigenvalue weighted by molar-refractivity contribution is 0.181. The molecule has 1 aliphatic rings. The number of methoxy groups -OCH3 is 1. The molecule has 2 N–H and O–H groups in total. The van der Waals surface area contributed by atoms with Crippen molar-refractivity contribution in [3.8, 4) is 0 Å². The van der Waals surface area contributed by atoms with E-state index in [0.717, 1.165) is 28.3 Å². The largest absolute Gasteiger partial charge is 0.383 e. The van der Waals surface area contributed by atoms with Crippen molar-refractivity contribution in [2.75, 3.05) is 30.8 Å². The minimum absolute atomic E-state index is 0.478. The summed E-state index contributed by atoms with van der Waals surface area (Å²) in [6, 6.07) is 0. The smallest absolute Gasteiger partial charge is 0.227 e. The fraction of sp³-hybridized carbons (Fsp3) is 0.667. The first kappa shape index (κ1) is 13.8. The van der Waals surface area contributed by atoms with Gasteiger partial charge < -0.3 is 15.4 Å². The molecule has 2 heterocycles. The Morgan fingerprint density at radius 2 is 1.89 bits per heavy atom. The lowest BCUT2D eigenvalue weighted by Crippen LogP contribution is -2.27. The van der Waals surface area contributed by atoms with Gasteiger partial charge in [-0.25, -0.2) is 4.98 Å². The Labute approximate surface area is 121 Å². The Balaban J connectivity index is 2.26. The third kappa shape index (κ3) is 3.23. The van der Waals surface area contributed by atoms with Crippen LogP contribution in [0.15, 0.2) is 0 Å². The maximum Gasteiger partial charge on any atom is 0.227 e. The second-order valence-corrected chi connectivity index (χ2v) is 5.58. The molecule has 0 unspecified atom stereocenters. The Kier molecular flexibility index (Phi) is 4.99. The van der Waals surface area contributed by atoms with Crippen LogP contribution < -0.4 is 10.6 Å². The fourth-order valence-electron chi connectivity index (χ4n) is 2.14. The number of nitrogens with two attached hydrogens (primary N) is 1. The van der Waals surface area contributed by atoms with Gasteiger partial charge in [0.1, 0.15) is 5.82 Å². The summed E-state index contributed by atoms with van der Waals surface area (Å²) in [6.07, 6.45) is 4.99. The molecule has 1 saturated heterocycles. The van der Waals surface area contributed by atoms with Gasteiger partial charge in [-0.3, -0.25) is 0 Å². The van der Waals surface area contributed by atoms with Crippen molar-refractivity contribution in [2.45, 2.75) is 32.3 Å². The van der Waals surface area contributed by atoms with Gasteiger partial charge in [0.2, 0.25) is 5.95 Å². The maximum atomic E-state index is 5.96. The number of hydrogen-bond acceptors (Lipinski definition) is 5. The molecule has 0 spiro atoms. The van der Waals surface area contributed by atoms with Crippen molar-refractivity contribution in [3.63, 3.8) is 0 Å². The van der Waals surface area contributed by atoms with E-state index in [9.17, 15) is 0 Å². The highest BCUT2D eigenvalue weighted by Crippen LogP contribution is 2.22. The molecule has 0 aliphatic carbocycles. The van der Waals surface area contributed by atoms with Gasteiger partial charge in [0.25, 0.3) is 0 Å². The van der Waals surface area contributed by atoms with Crippen LogP contribution >= 0.6 is 22.6 Å². The highest BCUT2D eigenvalue weighted by molar-refractivity contribution is 14.1. The van der Waals surface area contributed by atoms with Gasteiger partial charge in [-0.15, -0.1) is 0 Å². The molecular weight excluding hydrogens is 343 g/mol. The molecule has 0 bridgehead atoms. The lowest BCUT2D eigenvalue weighted by atomic mass is 10.2. The predicted octanol–water partition coefficient (Wildman–Crippen LogP) is 2.19. The van der Waals surface area contributed by atoms with E-state index in [2.05, 4.69) is 37.5 Å². The first-order valence-electron chi connectivity index (χ1n) is 6.28. The van der Waals surface area contributed by atoms with E-state index in [1.807, 2.05) is 0 Å². The molecule has 6 heteroatoms. The average molecular weight is 362 g/mol. The summed E-state index contributed by atoms with van der Waals surface area (Å²) in [4.78, 5) is 11.2. The number of aromatic nitrogens is 2. The highest BCUT2D eigenvalue weighted by atomic mass is 127. The normalized spacial score (nSPS) is 16.7. The Morgan fingerprint density at radius 3 is 2.50 bits per heavy atom. The number of rotatable bonds is 3. The molecule has 1 fully saturated rings. The summed E-state index contributed by atoms with van der Waals surface area (Å²) in [7, 11) is 1.67. The van der Waals surface area contributed by atoms with Crippen LogP contribution in [0.25, 0.3) is 0 Å². The van der Waals surface area contributed by atoms with Crippen molar-refractivity contribution < 1.29 is 4.74 Å². The minimum Gasteiger partial charge on any atom is -0.383 e. The molecule has 1 aromatic rings. The number of ether oxygens (including phenoxy) is 1. The summed E-state index contributed by atoms with van der Waals surface area (Å²) in [5.41, 5.74) is 6.84. The molecule has 5 nitrogen and oxygen atoms in total. The predicted molar refractivity (Wildman–Crippen MR) is 80.6 cm³/mol. The van der Waals surface area contributed by atoms with E-state index in [0.29, 0.717) is 12.4 Å². The Bertz CT molecular complexity index is 405. The van der Waals surface area contributed by atoms with E-state index in [4.69, 9.17) is 10.5 Å². The van der Waals surface area contributed by atoms with Crippen LogP contribution in [-0.4, -0.2) is 30.2 Å². The molecule has 0 saturated carbocycles. The van der Waals surface area contributed by atoms with Crippen molar-refractivity contribution in [1.82, 2.24) is 9.97 Å². The SMILES string of the molecule is COCc1nc(N2CCCCCC2)nc(N)c1I. The van der Waals surface area contributed by atoms with Crippen LogP contribution in [0.5, 0.6) is 0 Å². The zero-order chi connectivity index (χ0) is 13.0. The highest BCUT2D eigenvalue weighted by Gasteiger charge is 2.16. The average Bonchev–Trinajstić information content (AvgIpc) is 2.63. The van der Waals surface area contributed by atoms with Crippen molar-refractivity contribution in [2.24, 2.45) is 0 Å². The van der Waals surface area contributed by atoms with E-state index in [1.165, 1.54) is 25.7 Å². The third-order valence-electron chi connectivity index (χ3n) is 3.10. The summed E-state index contributed by atoms with van der Waals surface area (Å²) < 4.78 is 6.06. The molecule has 0 radical (unpaired) electrons. The number of anilines is 2. The molecule has 2 rings (SSSR count). The Hall–Kier alpha value is -0.630. The van der Waals surface area contributed by atoms with Crippen molar-refractivity contribution >= 4 is 34.4 Å². The van der Waals surface area contributed by atoms with Gasteiger partial charge in [-0.2, -0.15) is 4.98 Å². The summed E-state index contributed by atoms with van der Waals surface area (Å²) in [6.45, 7) is 2.52. The van der Waals surface area contributed by atoms with Crippen LogP contribution in [0.1, 0.15) is 31.4 Å². The number of nitrogen functional groups attached to an aromatic ring is 1. The quantitative estimate of drug-likeness (QED) is 0.836. The van der Waals surface area contributed by atoms with Gasteiger partial charge >= 0.3 is 0 Å². The minimum atomic E-state index is 0.478. The van der Waals surface area contributed by atoms with E-state index in [-0.39, 0.29) is 0 Å². The Morgan fingerprint density at radius 1 is 1.22 bits per heavy atom. The van der Waals surface area contributed by atoms with E-state index >= 15 is 0 Å². The molecular formula is C12H19IN4O. The third-order valence-corrected chi connectivity index (χ3v) is 4.28. The van der Waals surface area contributed by atoms with E-state index in [1.54, 1.807) is 7.11 Å². The van der Waals surface area contributed by atoms with Gasteiger partial charge in [-0.1, -0.05) is 12.8 Å². The molecule has 18 heavy (non-hydrogen) atoms. The van der Waals surface area contributed by atoms with E-state index < -0.39 is 0 Å². The zero-order valence-corrected chi connectivity index (χ0v) is 12.8. The van der Waals surface area contributed by atoms with Crippen molar-refractivity contribution in [3.05, 3.63) is 9.26 Å². The first-order chi connectivity index (χ1) is 8.72. The first-order valence-corrected chi connectivity index (χ1v) is 7.36.